The average Bonchev–Trinajstić information content (AvgIpc) is 2.04. The molecule has 1 saturated heterocycles. The van der Waals surface area contributed by atoms with E-state index in [0.717, 1.165) is 12.8 Å². The van der Waals surface area contributed by atoms with Gasteiger partial charge in [0.25, 0.3) is 0 Å². The molecule has 3 heteroatoms. The predicted octanol–water partition coefficient (Wildman–Crippen LogP) is -0.244. The highest BCUT2D eigenvalue weighted by Gasteiger charge is 2.48. The molecule has 1 unspecified atom stereocenters. The van der Waals surface area contributed by atoms with E-state index in [1.54, 1.807) is 0 Å². The van der Waals surface area contributed by atoms with E-state index in [-0.39, 0.29) is 17.5 Å². The van der Waals surface area contributed by atoms with Crippen molar-refractivity contribution >= 4 is 5.91 Å². The third kappa shape index (κ3) is 0.611. The van der Waals surface area contributed by atoms with Crippen molar-refractivity contribution in [3.8, 4) is 0 Å². The van der Waals surface area contributed by atoms with Gasteiger partial charge in [0.05, 0.1) is 5.54 Å². The average molecular weight is 140 g/mol. The summed E-state index contributed by atoms with van der Waals surface area (Å²) in [7, 11) is 0. The number of carbonyl (C=O) groups excluding carboxylic acids is 1. The number of hydrogen-bond acceptors (Lipinski definition) is 2. The summed E-state index contributed by atoms with van der Waals surface area (Å²) in [6.07, 6.45) is 3.91. The summed E-state index contributed by atoms with van der Waals surface area (Å²) in [5.41, 5.74) is 5.81. The first-order chi connectivity index (χ1) is 4.73. The Morgan fingerprint density at radius 2 is 2.30 bits per heavy atom. The zero-order valence-electron chi connectivity index (χ0n) is 5.89. The second-order valence-corrected chi connectivity index (χ2v) is 3.37. The van der Waals surface area contributed by atoms with Crippen LogP contribution in [0.3, 0.4) is 0 Å². The second-order valence-electron chi connectivity index (χ2n) is 3.37. The maximum atomic E-state index is 10.9. The number of nitrogens with two attached hydrogens (primary N) is 1. The summed E-state index contributed by atoms with van der Waals surface area (Å²) in [5.74, 6) is 0.132. The molecule has 1 aliphatic heterocycles. The summed E-state index contributed by atoms with van der Waals surface area (Å²) in [4.78, 5) is 10.9. The van der Waals surface area contributed by atoms with Gasteiger partial charge in [-0.1, -0.05) is 0 Å². The van der Waals surface area contributed by atoms with Crippen LogP contribution in [0.4, 0.5) is 0 Å². The Labute approximate surface area is 60.0 Å². The van der Waals surface area contributed by atoms with Gasteiger partial charge in [0.2, 0.25) is 5.91 Å². The minimum atomic E-state index is 0.0249. The van der Waals surface area contributed by atoms with E-state index in [2.05, 4.69) is 5.32 Å². The lowest BCUT2D eigenvalue weighted by Crippen LogP contribution is -2.56. The number of carbonyl (C=O) groups is 1. The third-order valence-corrected chi connectivity index (χ3v) is 2.75. The summed E-state index contributed by atoms with van der Waals surface area (Å²) in [6.45, 7) is 0. The molecule has 2 fully saturated rings. The maximum absolute atomic E-state index is 10.9. The molecule has 56 valence electrons. The van der Waals surface area contributed by atoms with E-state index >= 15 is 0 Å². The van der Waals surface area contributed by atoms with Crippen LogP contribution < -0.4 is 11.1 Å². The third-order valence-electron chi connectivity index (χ3n) is 2.75. The van der Waals surface area contributed by atoms with E-state index in [0.29, 0.717) is 6.42 Å². The van der Waals surface area contributed by atoms with E-state index in [9.17, 15) is 4.79 Å². The molecule has 1 saturated carbocycles. The molecule has 2 rings (SSSR count). The van der Waals surface area contributed by atoms with Crippen molar-refractivity contribution in [2.24, 2.45) is 5.73 Å². The molecule has 0 aromatic rings. The van der Waals surface area contributed by atoms with Crippen molar-refractivity contribution in [1.82, 2.24) is 5.32 Å². The van der Waals surface area contributed by atoms with Gasteiger partial charge in [-0.3, -0.25) is 4.79 Å². The van der Waals surface area contributed by atoms with Gasteiger partial charge in [0.15, 0.2) is 0 Å². The van der Waals surface area contributed by atoms with E-state index in [4.69, 9.17) is 5.73 Å². The lowest BCUT2D eigenvalue weighted by molar-refractivity contribution is -0.120. The van der Waals surface area contributed by atoms with Gasteiger partial charge in [-0.25, -0.2) is 0 Å². The first kappa shape index (κ1) is 6.16. The molecule has 3 nitrogen and oxygen atoms in total. The molecular weight excluding hydrogens is 128 g/mol. The van der Waals surface area contributed by atoms with E-state index in [1.807, 2.05) is 0 Å². The predicted molar refractivity (Wildman–Crippen MR) is 37.3 cm³/mol. The number of rotatable bonds is 0. The molecule has 1 heterocycles. The minimum Gasteiger partial charge on any atom is -0.349 e. The van der Waals surface area contributed by atoms with E-state index < -0.39 is 0 Å². The van der Waals surface area contributed by atoms with E-state index in [1.165, 1.54) is 6.42 Å². The molecule has 2 aliphatic rings. The standard InChI is InChI=1S/C7H12N2O/c8-5-4-6(10)9-7(5)2-1-3-7/h5H,1-4,8H2,(H,9,10). The van der Waals surface area contributed by atoms with Crippen molar-refractivity contribution in [3.05, 3.63) is 0 Å². The molecule has 1 spiro atoms. The molecule has 0 radical (unpaired) electrons. The fraction of sp³-hybridized carbons (Fsp3) is 0.857. The summed E-state index contributed by atoms with van der Waals surface area (Å²) < 4.78 is 0. The SMILES string of the molecule is NC1CC(=O)NC12CCC2. The maximum Gasteiger partial charge on any atom is 0.222 e. The van der Waals surface area contributed by atoms with Crippen LogP contribution in [0, 0.1) is 0 Å². The van der Waals surface area contributed by atoms with Gasteiger partial charge in [-0.2, -0.15) is 0 Å². The van der Waals surface area contributed by atoms with Gasteiger partial charge in [0.1, 0.15) is 0 Å². The Kier molecular flexibility index (Phi) is 1.06. The topological polar surface area (TPSA) is 55.1 Å². The lowest BCUT2D eigenvalue weighted by Gasteiger charge is -2.41. The first-order valence-corrected chi connectivity index (χ1v) is 3.80. The van der Waals surface area contributed by atoms with Crippen LogP contribution in [-0.4, -0.2) is 17.5 Å². The second kappa shape index (κ2) is 1.72. The van der Waals surface area contributed by atoms with Crippen molar-refractivity contribution in [2.75, 3.05) is 0 Å². The highest BCUT2D eigenvalue weighted by Crippen LogP contribution is 2.38. The molecular formula is C7H12N2O. The van der Waals surface area contributed by atoms with Gasteiger partial charge in [-0.05, 0) is 19.3 Å². The largest absolute Gasteiger partial charge is 0.349 e. The van der Waals surface area contributed by atoms with Crippen molar-refractivity contribution in [2.45, 2.75) is 37.3 Å². The highest BCUT2D eigenvalue weighted by molar-refractivity contribution is 5.81. The number of hydrogen-bond donors (Lipinski definition) is 2. The van der Waals surface area contributed by atoms with Crippen molar-refractivity contribution in [1.29, 1.82) is 0 Å². The first-order valence-electron chi connectivity index (χ1n) is 3.80. The molecule has 10 heavy (non-hydrogen) atoms. The quantitative estimate of drug-likeness (QED) is 0.487. The van der Waals surface area contributed by atoms with Gasteiger partial charge >= 0.3 is 0 Å². The zero-order valence-corrected chi connectivity index (χ0v) is 5.89. The monoisotopic (exact) mass is 140 g/mol. The molecule has 3 N–H and O–H groups in total. The van der Waals surface area contributed by atoms with Crippen molar-refractivity contribution in [3.63, 3.8) is 0 Å². The zero-order chi connectivity index (χ0) is 7.19. The van der Waals surface area contributed by atoms with Gasteiger partial charge in [-0.15, -0.1) is 0 Å². The minimum absolute atomic E-state index is 0.0249. The Bertz CT molecular complexity index is 174. The molecule has 1 aliphatic carbocycles. The smallest absolute Gasteiger partial charge is 0.222 e. The van der Waals surface area contributed by atoms with Crippen LogP contribution in [0.1, 0.15) is 25.7 Å². The van der Waals surface area contributed by atoms with Crippen LogP contribution in [0.5, 0.6) is 0 Å². The fourth-order valence-electron chi connectivity index (χ4n) is 1.87. The number of amides is 1. The Hall–Kier alpha value is -0.570. The Morgan fingerprint density at radius 3 is 2.50 bits per heavy atom. The number of nitrogens with one attached hydrogen (secondary N) is 1. The molecule has 0 bridgehead atoms. The normalized spacial score (nSPS) is 35.7. The fourth-order valence-corrected chi connectivity index (χ4v) is 1.87. The highest BCUT2D eigenvalue weighted by atomic mass is 16.2. The molecule has 1 atom stereocenters. The lowest BCUT2D eigenvalue weighted by atomic mass is 9.73. The molecule has 1 amide bonds. The Morgan fingerprint density at radius 1 is 1.60 bits per heavy atom. The van der Waals surface area contributed by atoms with Crippen LogP contribution in [0.15, 0.2) is 0 Å². The van der Waals surface area contributed by atoms with Crippen LogP contribution in [0.25, 0.3) is 0 Å². The molecule has 0 aromatic carbocycles. The van der Waals surface area contributed by atoms with Crippen molar-refractivity contribution < 1.29 is 4.79 Å². The van der Waals surface area contributed by atoms with Crippen LogP contribution >= 0.6 is 0 Å². The molecule has 0 aromatic heterocycles. The van der Waals surface area contributed by atoms with Gasteiger partial charge in [0, 0.05) is 12.5 Å². The van der Waals surface area contributed by atoms with Crippen LogP contribution in [0.2, 0.25) is 0 Å². The summed E-state index contributed by atoms with van der Waals surface area (Å²) in [5, 5.41) is 2.95. The van der Waals surface area contributed by atoms with Crippen LogP contribution in [-0.2, 0) is 4.79 Å². The van der Waals surface area contributed by atoms with Gasteiger partial charge < -0.3 is 11.1 Å². The summed E-state index contributed by atoms with van der Waals surface area (Å²) >= 11 is 0. The summed E-state index contributed by atoms with van der Waals surface area (Å²) in [6, 6.07) is 0.0775. The Balaban J connectivity index is 2.15.